The number of rotatable bonds is 11. The Morgan fingerprint density at radius 3 is 2.50 bits per heavy atom. The summed E-state index contributed by atoms with van der Waals surface area (Å²) in [5.41, 5.74) is 0. The van der Waals surface area contributed by atoms with Crippen LogP contribution in [0.5, 0.6) is 0 Å². The Bertz CT molecular complexity index is 399. The number of carbonyl (C=O) groups is 1. The van der Waals surface area contributed by atoms with Crippen LogP contribution in [0, 0.1) is 0 Å². The normalized spacial score (nSPS) is 10.9. The predicted molar refractivity (Wildman–Crippen MR) is 76.9 cm³/mol. The Balaban J connectivity index is 2.28. The minimum Gasteiger partial charge on any atom is -0.550 e. The molecular weight excluding hydrogens is 252 g/mol. The number of aromatic nitrogens is 2. The molecule has 0 unspecified atom stereocenters. The number of aryl methyl sites for hydroxylation is 2. The highest BCUT2D eigenvalue weighted by Crippen LogP contribution is 2.09. The summed E-state index contributed by atoms with van der Waals surface area (Å²) >= 11 is 0. The molecule has 0 amide bonds. The third-order valence-electron chi connectivity index (χ3n) is 3.77. The van der Waals surface area contributed by atoms with Crippen LogP contribution in [0.1, 0.15) is 64.1 Å². The molecule has 4 heteroatoms. The number of carbonyl (C=O) groups excluding carboxylic acids is 1. The lowest BCUT2D eigenvalue weighted by molar-refractivity contribution is -0.678. The van der Waals surface area contributed by atoms with Crippen LogP contribution < -0.4 is 9.67 Å². The molecule has 1 aromatic heterocycles. The van der Waals surface area contributed by atoms with E-state index in [4.69, 9.17) is 0 Å². The molecule has 1 rings (SSSR count). The van der Waals surface area contributed by atoms with Crippen molar-refractivity contribution in [3.63, 3.8) is 0 Å². The maximum atomic E-state index is 10.5. The molecule has 0 aliphatic carbocycles. The summed E-state index contributed by atoms with van der Waals surface area (Å²) in [6.07, 6.45) is 14.1. The third-order valence-corrected chi connectivity index (χ3v) is 3.77. The average molecular weight is 280 g/mol. The largest absolute Gasteiger partial charge is 0.550 e. The van der Waals surface area contributed by atoms with Gasteiger partial charge in [-0.05, 0) is 6.42 Å². The zero-order valence-electron chi connectivity index (χ0n) is 12.9. The Labute approximate surface area is 122 Å². The number of hydrogen-bond acceptors (Lipinski definition) is 2. The Kier molecular flexibility index (Phi) is 8.00. The molecule has 0 atom stereocenters. The number of carboxylic acid groups (broad SMARTS) is 1. The summed E-state index contributed by atoms with van der Waals surface area (Å²) in [6.45, 7) is 2.75. The van der Waals surface area contributed by atoms with Crippen LogP contribution >= 0.6 is 0 Å². The molecule has 0 saturated heterocycles. The van der Waals surface area contributed by atoms with E-state index in [9.17, 15) is 9.90 Å². The molecule has 0 aromatic carbocycles. The molecular formula is C16H28N2O2. The highest BCUT2D eigenvalue weighted by molar-refractivity contribution is 5.64. The van der Waals surface area contributed by atoms with Crippen molar-refractivity contribution in [3.05, 3.63) is 18.2 Å². The van der Waals surface area contributed by atoms with E-state index in [0.717, 1.165) is 6.42 Å². The van der Waals surface area contributed by atoms with Crippen molar-refractivity contribution in [1.29, 1.82) is 0 Å². The zero-order valence-corrected chi connectivity index (χ0v) is 12.9. The second kappa shape index (κ2) is 9.56. The van der Waals surface area contributed by atoms with E-state index in [0.29, 0.717) is 6.54 Å². The predicted octanol–water partition coefficient (Wildman–Crippen LogP) is 1.75. The first-order chi connectivity index (χ1) is 9.65. The van der Waals surface area contributed by atoms with E-state index in [2.05, 4.69) is 11.5 Å². The number of hydrogen-bond donors (Lipinski definition) is 0. The molecule has 0 aliphatic heterocycles. The number of unbranched alkanes of at least 4 members (excludes halogenated alkanes) is 6. The summed E-state index contributed by atoms with van der Waals surface area (Å²) < 4.78 is 4.12. The first kappa shape index (κ1) is 16.7. The quantitative estimate of drug-likeness (QED) is 0.458. The molecule has 4 nitrogen and oxygen atoms in total. The van der Waals surface area contributed by atoms with Gasteiger partial charge in [-0.2, -0.15) is 0 Å². The van der Waals surface area contributed by atoms with Gasteiger partial charge in [0.25, 0.3) is 5.82 Å². The van der Waals surface area contributed by atoms with Crippen LogP contribution in [0.15, 0.2) is 12.4 Å². The SMILES string of the molecule is CCCCCCCCCc1n(CCC(=O)[O-])cc[n+]1C. The third kappa shape index (κ3) is 6.22. The molecule has 0 aliphatic rings. The van der Waals surface area contributed by atoms with Gasteiger partial charge >= 0.3 is 0 Å². The topological polar surface area (TPSA) is 48.9 Å². The summed E-state index contributed by atoms with van der Waals surface area (Å²) in [6, 6.07) is 0. The highest BCUT2D eigenvalue weighted by atomic mass is 16.4. The maximum Gasteiger partial charge on any atom is 0.256 e. The maximum absolute atomic E-state index is 10.5. The van der Waals surface area contributed by atoms with Gasteiger partial charge in [-0.25, -0.2) is 9.13 Å². The van der Waals surface area contributed by atoms with E-state index in [-0.39, 0.29) is 6.42 Å². The Morgan fingerprint density at radius 2 is 1.85 bits per heavy atom. The van der Waals surface area contributed by atoms with Crippen molar-refractivity contribution in [2.45, 2.75) is 71.3 Å². The molecule has 0 N–H and O–H groups in total. The van der Waals surface area contributed by atoms with Crippen LogP contribution in [0.4, 0.5) is 0 Å². The fourth-order valence-corrected chi connectivity index (χ4v) is 2.53. The molecule has 114 valence electrons. The summed E-state index contributed by atoms with van der Waals surface area (Å²) in [4.78, 5) is 10.5. The van der Waals surface area contributed by atoms with Gasteiger partial charge in [-0.3, -0.25) is 0 Å². The van der Waals surface area contributed by atoms with E-state index in [1.807, 2.05) is 24.0 Å². The molecule has 0 spiro atoms. The average Bonchev–Trinajstić information content (AvgIpc) is 2.76. The lowest BCUT2D eigenvalue weighted by atomic mass is 10.1. The van der Waals surface area contributed by atoms with Crippen LogP contribution in [0.25, 0.3) is 0 Å². The van der Waals surface area contributed by atoms with Crippen LogP contribution in [-0.4, -0.2) is 10.5 Å². The summed E-state index contributed by atoms with van der Waals surface area (Å²) in [7, 11) is 2.02. The van der Waals surface area contributed by atoms with E-state index in [1.54, 1.807) is 0 Å². The molecule has 1 heterocycles. The van der Waals surface area contributed by atoms with Gasteiger partial charge in [-0.1, -0.05) is 45.4 Å². The monoisotopic (exact) mass is 280 g/mol. The molecule has 20 heavy (non-hydrogen) atoms. The number of carboxylic acids is 1. The van der Waals surface area contributed by atoms with Gasteiger partial charge < -0.3 is 9.90 Å². The minimum absolute atomic E-state index is 0.0820. The van der Waals surface area contributed by atoms with Crippen molar-refractivity contribution in [2.24, 2.45) is 7.05 Å². The molecule has 0 fully saturated rings. The summed E-state index contributed by atoms with van der Waals surface area (Å²) in [5, 5.41) is 10.5. The van der Waals surface area contributed by atoms with Gasteiger partial charge in [-0.15, -0.1) is 0 Å². The fraction of sp³-hybridized carbons (Fsp3) is 0.750. The van der Waals surface area contributed by atoms with Crippen molar-refractivity contribution >= 4 is 5.97 Å². The molecule has 1 aromatic rings. The van der Waals surface area contributed by atoms with Gasteiger partial charge in [0, 0.05) is 18.8 Å². The molecule has 0 bridgehead atoms. The van der Waals surface area contributed by atoms with Crippen molar-refractivity contribution in [3.8, 4) is 0 Å². The lowest BCUT2D eigenvalue weighted by Crippen LogP contribution is -2.32. The van der Waals surface area contributed by atoms with Crippen LogP contribution in [0.2, 0.25) is 0 Å². The van der Waals surface area contributed by atoms with E-state index >= 15 is 0 Å². The van der Waals surface area contributed by atoms with Crippen LogP contribution in [0.3, 0.4) is 0 Å². The van der Waals surface area contributed by atoms with Gasteiger partial charge in [0.1, 0.15) is 12.4 Å². The smallest absolute Gasteiger partial charge is 0.256 e. The minimum atomic E-state index is -0.983. The highest BCUT2D eigenvalue weighted by Gasteiger charge is 2.13. The number of imidazole rings is 1. The standard InChI is InChI=1S/C16H28N2O2/c1-3-4-5-6-7-8-9-10-15-17(2)13-14-18(15)12-11-16(19)20/h13-14H,3-12H2,1-2H3. The zero-order chi connectivity index (χ0) is 14.8. The van der Waals surface area contributed by atoms with Gasteiger partial charge in [0.15, 0.2) is 0 Å². The van der Waals surface area contributed by atoms with Crippen molar-refractivity contribution in [2.75, 3.05) is 0 Å². The van der Waals surface area contributed by atoms with Gasteiger partial charge in [0.2, 0.25) is 0 Å². The first-order valence-corrected chi connectivity index (χ1v) is 7.88. The summed E-state index contributed by atoms with van der Waals surface area (Å²) in [5.74, 6) is 0.225. The second-order valence-corrected chi connectivity index (χ2v) is 5.51. The number of aliphatic carboxylic acids is 1. The van der Waals surface area contributed by atoms with Crippen molar-refractivity contribution in [1.82, 2.24) is 4.57 Å². The Morgan fingerprint density at radius 1 is 1.20 bits per heavy atom. The Hall–Kier alpha value is -1.32. The number of nitrogens with zero attached hydrogens (tertiary/aromatic N) is 2. The van der Waals surface area contributed by atoms with Crippen LogP contribution in [-0.2, 0) is 24.8 Å². The molecule has 0 saturated carbocycles. The lowest BCUT2D eigenvalue weighted by Gasteiger charge is -2.04. The van der Waals surface area contributed by atoms with Gasteiger partial charge in [0.05, 0.1) is 13.6 Å². The van der Waals surface area contributed by atoms with E-state index in [1.165, 1.54) is 50.8 Å². The fourth-order valence-electron chi connectivity index (χ4n) is 2.53. The molecule has 0 radical (unpaired) electrons. The first-order valence-electron chi connectivity index (χ1n) is 7.88. The van der Waals surface area contributed by atoms with E-state index < -0.39 is 5.97 Å². The van der Waals surface area contributed by atoms with Crippen molar-refractivity contribution < 1.29 is 14.5 Å². The second-order valence-electron chi connectivity index (χ2n) is 5.51.